The van der Waals surface area contributed by atoms with Gasteiger partial charge < -0.3 is 25.1 Å². The topological polar surface area (TPSA) is 101 Å². The zero-order valence-electron chi connectivity index (χ0n) is 19.7. The minimum absolute atomic E-state index is 0.253. The minimum atomic E-state index is -0.264. The van der Waals surface area contributed by atoms with Crippen LogP contribution in [0.5, 0.6) is 5.75 Å². The standard InChI is InChI=1S/C27H28N4O4/c1-30(2)17-22-21-7-3-6-10-25(21)35-27(22)31(18-32)15-16-34-20-13-11-19(12-14-20)26(33)29-24-9-5-4-8-23(24)28/h3-14,18H,15-17,28H2,1-2H3,(H,29,33). The molecule has 1 heterocycles. The van der Waals surface area contributed by atoms with Crippen LogP contribution in [0.1, 0.15) is 15.9 Å². The number of furan rings is 1. The van der Waals surface area contributed by atoms with E-state index in [1.807, 2.05) is 43.3 Å². The summed E-state index contributed by atoms with van der Waals surface area (Å²) in [7, 11) is 3.94. The number of benzene rings is 3. The van der Waals surface area contributed by atoms with Gasteiger partial charge in [0.15, 0.2) is 0 Å². The Morgan fingerprint density at radius 3 is 2.46 bits per heavy atom. The summed E-state index contributed by atoms with van der Waals surface area (Å²) in [6.07, 6.45) is 0.753. The second kappa shape index (κ2) is 10.8. The van der Waals surface area contributed by atoms with E-state index in [1.165, 1.54) is 4.90 Å². The van der Waals surface area contributed by atoms with Gasteiger partial charge in [-0.2, -0.15) is 0 Å². The minimum Gasteiger partial charge on any atom is -0.492 e. The Labute approximate surface area is 203 Å². The largest absolute Gasteiger partial charge is 0.492 e. The Morgan fingerprint density at radius 1 is 1.03 bits per heavy atom. The number of nitrogens with zero attached hydrogens (tertiary/aromatic N) is 2. The van der Waals surface area contributed by atoms with Crippen LogP contribution in [-0.2, 0) is 11.3 Å². The van der Waals surface area contributed by atoms with Gasteiger partial charge >= 0.3 is 0 Å². The first-order chi connectivity index (χ1) is 17.0. The number of ether oxygens (including phenoxy) is 1. The van der Waals surface area contributed by atoms with Crippen molar-refractivity contribution in [2.75, 3.05) is 43.2 Å². The lowest BCUT2D eigenvalue weighted by Gasteiger charge is -2.18. The average Bonchev–Trinajstić information content (AvgIpc) is 3.21. The number of para-hydroxylation sites is 3. The lowest BCUT2D eigenvalue weighted by Crippen LogP contribution is -2.28. The van der Waals surface area contributed by atoms with Crippen LogP contribution in [0.2, 0.25) is 0 Å². The molecule has 3 N–H and O–H groups in total. The Morgan fingerprint density at radius 2 is 1.74 bits per heavy atom. The quantitative estimate of drug-likeness (QED) is 0.263. The van der Waals surface area contributed by atoms with Crippen LogP contribution in [0.4, 0.5) is 17.3 Å². The Bertz CT molecular complexity index is 1310. The molecule has 0 aliphatic heterocycles. The second-order valence-corrected chi connectivity index (χ2v) is 8.33. The molecule has 0 saturated heterocycles. The number of nitrogen functional groups attached to an aromatic ring is 1. The van der Waals surface area contributed by atoms with E-state index in [2.05, 4.69) is 5.32 Å². The molecule has 0 spiro atoms. The molecular weight excluding hydrogens is 444 g/mol. The van der Waals surface area contributed by atoms with Crippen molar-refractivity contribution in [3.63, 3.8) is 0 Å². The molecule has 8 nitrogen and oxygen atoms in total. The van der Waals surface area contributed by atoms with Gasteiger partial charge in [-0.15, -0.1) is 0 Å². The van der Waals surface area contributed by atoms with Crippen molar-refractivity contribution in [1.29, 1.82) is 0 Å². The molecule has 0 aliphatic carbocycles. The molecule has 8 heteroatoms. The van der Waals surface area contributed by atoms with Crippen molar-refractivity contribution in [2.45, 2.75) is 6.54 Å². The molecule has 4 rings (SSSR count). The number of carbonyl (C=O) groups excluding carboxylic acids is 2. The van der Waals surface area contributed by atoms with Crippen LogP contribution in [0.3, 0.4) is 0 Å². The summed E-state index contributed by atoms with van der Waals surface area (Å²) in [5, 5.41) is 3.78. The number of rotatable bonds is 10. The molecule has 0 saturated carbocycles. The zero-order chi connectivity index (χ0) is 24.8. The second-order valence-electron chi connectivity index (χ2n) is 8.33. The third-order valence-electron chi connectivity index (χ3n) is 5.47. The first-order valence-corrected chi connectivity index (χ1v) is 11.2. The summed E-state index contributed by atoms with van der Waals surface area (Å²) < 4.78 is 11.8. The maximum atomic E-state index is 12.5. The van der Waals surface area contributed by atoms with E-state index in [4.69, 9.17) is 14.9 Å². The summed E-state index contributed by atoms with van der Waals surface area (Å²) in [6, 6.07) is 21.6. The number of anilines is 3. The number of nitrogens with two attached hydrogens (primary N) is 1. The summed E-state index contributed by atoms with van der Waals surface area (Å²) >= 11 is 0. The first-order valence-electron chi connectivity index (χ1n) is 11.2. The van der Waals surface area contributed by atoms with Gasteiger partial charge in [0.1, 0.15) is 17.9 Å². The maximum absolute atomic E-state index is 12.5. The van der Waals surface area contributed by atoms with E-state index >= 15 is 0 Å². The first kappa shape index (κ1) is 23.8. The smallest absolute Gasteiger partial charge is 0.255 e. The fourth-order valence-electron chi connectivity index (χ4n) is 3.76. The monoisotopic (exact) mass is 472 g/mol. The predicted molar refractivity (Wildman–Crippen MR) is 138 cm³/mol. The number of nitrogens with one attached hydrogen (secondary N) is 1. The fourth-order valence-corrected chi connectivity index (χ4v) is 3.76. The van der Waals surface area contributed by atoms with E-state index in [0.717, 1.165) is 22.9 Å². The lowest BCUT2D eigenvalue weighted by molar-refractivity contribution is -0.107. The molecule has 0 bridgehead atoms. The normalized spacial score (nSPS) is 10.9. The van der Waals surface area contributed by atoms with Crippen LogP contribution < -0.4 is 20.7 Å². The number of hydrogen-bond donors (Lipinski definition) is 2. The van der Waals surface area contributed by atoms with Crippen molar-refractivity contribution in [3.8, 4) is 5.75 Å². The van der Waals surface area contributed by atoms with Crippen LogP contribution in [-0.4, -0.2) is 44.5 Å². The molecule has 4 aromatic rings. The summed E-state index contributed by atoms with van der Waals surface area (Å²) in [4.78, 5) is 27.9. The van der Waals surface area contributed by atoms with Gasteiger partial charge in [-0.25, -0.2) is 0 Å². The molecular formula is C27H28N4O4. The highest BCUT2D eigenvalue weighted by molar-refractivity contribution is 6.05. The Hall–Kier alpha value is -4.30. The van der Waals surface area contributed by atoms with E-state index < -0.39 is 0 Å². The summed E-state index contributed by atoms with van der Waals surface area (Å²) in [6.45, 7) is 1.19. The molecule has 3 aromatic carbocycles. The molecule has 0 fully saturated rings. The Balaban J connectivity index is 1.39. The van der Waals surface area contributed by atoms with E-state index in [-0.39, 0.29) is 12.5 Å². The highest BCUT2D eigenvalue weighted by Gasteiger charge is 2.20. The highest BCUT2D eigenvalue weighted by Crippen LogP contribution is 2.33. The van der Waals surface area contributed by atoms with Crippen molar-refractivity contribution in [3.05, 3.63) is 83.9 Å². The van der Waals surface area contributed by atoms with Crippen molar-refractivity contribution >= 4 is 40.5 Å². The molecule has 0 atom stereocenters. The lowest BCUT2D eigenvalue weighted by atomic mass is 10.1. The molecule has 180 valence electrons. The van der Waals surface area contributed by atoms with E-state index in [1.54, 1.807) is 48.5 Å². The van der Waals surface area contributed by atoms with Crippen LogP contribution >= 0.6 is 0 Å². The van der Waals surface area contributed by atoms with Crippen molar-refractivity contribution < 1.29 is 18.7 Å². The van der Waals surface area contributed by atoms with Crippen LogP contribution in [0, 0.1) is 0 Å². The number of carbonyl (C=O) groups is 2. The summed E-state index contributed by atoms with van der Waals surface area (Å²) in [5.41, 5.74) is 9.11. The molecule has 2 amide bonds. The average molecular weight is 473 g/mol. The predicted octanol–water partition coefficient (Wildman–Crippen LogP) is 4.37. The van der Waals surface area contributed by atoms with Crippen LogP contribution in [0.25, 0.3) is 11.0 Å². The number of hydrogen-bond acceptors (Lipinski definition) is 6. The fraction of sp³-hybridized carbons (Fsp3) is 0.185. The van der Waals surface area contributed by atoms with Gasteiger partial charge in [-0.05, 0) is 56.6 Å². The van der Waals surface area contributed by atoms with Gasteiger partial charge in [-0.3, -0.25) is 14.5 Å². The van der Waals surface area contributed by atoms with Gasteiger partial charge in [0.05, 0.1) is 17.9 Å². The van der Waals surface area contributed by atoms with E-state index in [0.29, 0.717) is 41.7 Å². The molecule has 0 unspecified atom stereocenters. The van der Waals surface area contributed by atoms with E-state index in [9.17, 15) is 9.59 Å². The number of fused-ring (bicyclic) bond motifs is 1. The van der Waals surface area contributed by atoms with Gasteiger partial charge in [-0.1, -0.05) is 30.3 Å². The van der Waals surface area contributed by atoms with Gasteiger partial charge in [0.2, 0.25) is 12.3 Å². The van der Waals surface area contributed by atoms with Crippen molar-refractivity contribution in [1.82, 2.24) is 4.90 Å². The van der Waals surface area contributed by atoms with Crippen molar-refractivity contribution in [2.24, 2.45) is 0 Å². The molecule has 0 radical (unpaired) electrons. The summed E-state index contributed by atoms with van der Waals surface area (Å²) in [5.74, 6) is 0.843. The number of amides is 2. The van der Waals surface area contributed by atoms with Gasteiger partial charge in [0, 0.05) is 23.1 Å². The third kappa shape index (κ3) is 5.62. The molecule has 0 aliphatic rings. The maximum Gasteiger partial charge on any atom is 0.255 e. The SMILES string of the molecule is CN(C)Cc1c(N(C=O)CCOc2ccc(C(=O)Nc3ccccc3N)cc2)oc2ccccc12. The molecule has 1 aromatic heterocycles. The highest BCUT2D eigenvalue weighted by atomic mass is 16.5. The zero-order valence-corrected chi connectivity index (χ0v) is 19.7. The molecule has 35 heavy (non-hydrogen) atoms. The third-order valence-corrected chi connectivity index (χ3v) is 5.47. The van der Waals surface area contributed by atoms with Crippen LogP contribution in [0.15, 0.2) is 77.2 Å². The van der Waals surface area contributed by atoms with Gasteiger partial charge in [0.25, 0.3) is 5.91 Å². The Kier molecular flexibility index (Phi) is 7.32.